The van der Waals surface area contributed by atoms with E-state index in [1.54, 1.807) is 0 Å². The second-order valence-electron chi connectivity index (χ2n) is 6.39. The van der Waals surface area contributed by atoms with Crippen molar-refractivity contribution in [2.75, 3.05) is 6.61 Å². The van der Waals surface area contributed by atoms with Gasteiger partial charge in [0.25, 0.3) is 0 Å². The van der Waals surface area contributed by atoms with Gasteiger partial charge >= 0.3 is 0 Å². The Morgan fingerprint density at radius 1 is 1.19 bits per heavy atom. The van der Waals surface area contributed by atoms with Gasteiger partial charge < -0.3 is 4.74 Å². The zero-order valence-corrected chi connectivity index (χ0v) is 10.7. The molecule has 4 bridgehead atoms. The van der Waals surface area contributed by atoms with E-state index >= 15 is 0 Å². The molecule has 1 heteroatoms. The predicted octanol–water partition coefficient (Wildman–Crippen LogP) is 4.16. The minimum Gasteiger partial charge on any atom is -0.375 e. The second-order valence-corrected chi connectivity index (χ2v) is 6.39. The molecule has 3 aliphatic rings. The molecule has 1 nitrogen and oxygen atoms in total. The van der Waals surface area contributed by atoms with Gasteiger partial charge in [-0.2, -0.15) is 0 Å². The van der Waals surface area contributed by atoms with Gasteiger partial charge in [0.15, 0.2) is 0 Å². The van der Waals surface area contributed by atoms with Crippen LogP contribution < -0.4 is 0 Å². The van der Waals surface area contributed by atoms with Crippen molar-refractivity contribution in [3.8, 4) is 0 Å². The average molecular weight is 222 g/mol. The molecule has 3 aliphatic carbocycles. The molecule has 3 rings (SSSR count). The molecule has 0 N–H and O–H groups in total. The summed E-state index contributed by atoms with van der Waals surface area (Å²) in [6.45, 7) is 3.28. The number of rotatable bonds is 4. The summed E-state index contributed by atoms with van der Waals surface area (Å²) in [6.07, 6.45) is 12.7. The van der Waals surface area contributed by atoms with Gasteiger partial charge in [0.05, 0.1) is 5.60 Å². The van der Waals surface area contributed by atoms with Crippen LogP contribution in [0, 0.1) is 17.8 Å². The van der Waals surface area contributed by atoms with Gasteiger partial charge in [0.1, 0.15) is 0 Å². The number of unbranched alkanes of at least 4 members (excludes halogenated alkanes) is 1. The van der Waals surface area contributed by atoms with Crippen LogP contribution in [0.1, 0.15) is 64.7 Å². The maximum absolute atomic E-state index is 6.41. The maximum Gasteiger partial charge on any atom is 0.0713 e. The van der Waals surface area contributed by atoms with Gasteiger partial charge in [0, 0.05) is 6.61 Å². The van der Waals surface area contributed by atoms with Crippen LogP contribution in [0.15, 0.2) is 0 Å². The van der Waals surface area contributed by atoms with Gasteiger partial charge in [-0.25, -0.2) is 0 Å². The number of hydrogen-bond donors (Lipinski definition) is 0. The third kappa shape index (κ3) is 1.72. The Morgan fingerprint density at radius 3 is 3.00 bits per heavy atom. The van der Waals surface area contributed by atoms with Crippen LogP contribution >= 0.6 is 0 Å². The van der Waals surface area contributed by atoms with E-state index in [0.717, 1.165) is 24.4 Å². The van der Waals surface area contributed by atoms with Crippen molar-refractivity contribution in [2.24, 2.45) is 17.8 Å². The molecule has 92 valence electrons. The fraction of sp³-hybridized carbons (Fsp3) is 1.00. The van der Waals surface area contributed by atoms with Crippen molar-refractivity contribution in [2.45, 2.75) is 70.3 Å². The van der Waals surface area contributed by atoms with Gasteiger partial charge in [-0.1, -0.05) is 19.8 Å². The van der Waals surface area contributed by atoms with E-state index in [4.69, 9.17) is 4.74 Å². The number of hydrogen-bond acceptors (Lipinski definition) is 1. The van der Waals surface area contributed by atoms with Crippen LogP contribution in [0.5, 0.6) is 0 Å². The SMILES string of the molecule is CCCCOC12CCCC(C1)C1CCC2C1. The molecule has 0 aromatic heterocycles. The van der Waals surface area contributed by atoms with E-state index in [2.05, 4.69) is 6.92 Å². The topological polar surface area (TPSA) is 9.23 Å². The molecule has 0 aromatic carbocycles. The van der Waals surface area contributed by atoms with Crippen LogP contribution in [-0.4, -0.2) is 12.2 Å². The molecule has 0 aliphatic heterocycles. The lowest BCUT2D eigenvalue weighted by atomic mass is 9.63. The van der Waals surface area contributed by atoms with Crippen LogP contribution in [0.3, 0.4) is 0 Å². The lowest BCUT2D eigenvalue weighted by Gasteiger charge is -2.49. The molecular formula is C15H26O. The van der Waals surface area contributed by atoms with Crippen LogP contribution in [0.4, 0.5) is 0 Å². The van der Waals surface area contributed by atoms with E-state index < -0.39 is 0 Å². The first-order valence-corrected chi connectivity index (χ1v) is 7.48. The summed E-state index contributed by atoms with van der Waals surface area (Å²) >= 11 is 0. The molecule has 4 atom stereocenters. The van der Waals surface area contributed by atoms with E-state index in [1.807, 2.05) is 0 Å². The summed E-state index contributed by atoms with van der Waals surface area (Å²) in [5.41, 5.74) is 0.338. The quantitative estimate of drug-likeness (QED) is 0.649. The number of ether oxygens (including phenoxy) is 1. The van der Waals surface area contributed by atoms with E-state index in [9.17, 15) is 0 Å². The van der Waals surface area contributed by atoms with Gasteiger partial charge in [0.2, 0.25) is 0 Å². The highest BCUT2D eigenvalue weighted by Gasteiger charge is 2.53. The van der Waals surface area contributed by atoms with Crippen molar-refractivity contribution in [3.05, 3.63) is 0 Å². The van der Waals surface area contributed by atoms with E-state index in [-0.39, 0.29) is 0 Å². The predicted molar refractivity (Wildman–Crippen MR) is 66.4 cm³/mol. The molecule has 4 unspecified atom stereocenters. The second kappa shape index (κ2) is 4.33. The lowest BCUT2D eigenvalue weighted by Crippen LogP contribution is -2.48. The smallest absolute Gasteiger partial charge is 0.0713 e. The Morgan fingerprint density at radius 2 is 2.12 bits per heavy atom. The number of fused-ring (bicyclic) bond motifs is 6. The van der Waals surface area contributed by atoms with Gasteiger partial charge in [-0.3, -0.25) is 0 Å². The minimum absolute atomic E-state index is 0.338. The first-order chi connectivity index (χ1) is 7.84. The van der Waals surface area contributed by atoms with Gasteiger partial charge in [-0.15, -0.1) is 0 Å². The fourth-order valence-electron chi connectivity index (χ4n) is 4.68. The molecular weight excluding hydrogens is 196 g/mol. The zero-order chi connectivity index (χ0) is 11.0. The summed E-state index contributed by atoms with van der Waals surface area (Å²) in [5, 5.41) is 0. The third-order valence-electron chi connectivity index (χ3n) is 5.55. The molecule has 0 aromatic rings. The first kappa shape index (κ1) is 11.1. The van der Waals surface area contributed by atoms with Gasteiger partial charge in [-0.05, 0) is 62.7 Å². The minimum atomic E-state index is 0.338. The Bertz CT molecular complexity index is 250. The van der Waals surface area contributed by atoms with Crippen LogP contribution in [-0.2, 0) is 4.74 Å². The summed E-state index contributed by atoms with van der Waals surface area (Å²) in [7, 11) is 0. The van der Waals surface area contributed by atoms with Crippen LogP contribution in [0.25, 0.3) is 0 Å². The van der Waals surface area contributed by atoms with Crippen molar-refractivity contribution < 1.29 is 4.74 Å². The fourth-order valence-corrected chi connectivity index (χ4v) is 4.68. The summed E-state index contributed by atoms with van der Waals surface area (Å²) in [5.74, 6) is 3.02. The largest absolute Gasteiger partial charge is 0.375 e. The Labute approximate surface area is 99.9 Å². The van der Waals surface area contributed by atoms with Crippen molar-refractivity contribution >= 4 is 0 Å². The molecule has 0 amide bonds. The zero-order valence-electron chi connectivity index (χ0n) is 10.7. The maximum atomic E-state index is 6.41. The first-order valence-electron chi connectivity index (χ1n) is 7.48. The molecule has 0 radical (unpaired) electrons. The Balaban J connectivity index is 1.71. The Kier molecular flexibility index (Phi) is 2.99. The molecule has 0 heterocycles. The van der Waals surface area contributed by atoms with Crippen molar-refractivity contribution in [1.29, 1.82) is 0 Å². The van der Waals surface area contributed by atoms with E-state index in [0.29, 0.717) is 5.60 Å². The third-order valence-corrected chi connectivity index (χ3v) is 5.55. The molecule has 0 spiro atoms. The normalized spacial score (nSPS) is 45.9. The monoisotopic (exact) mass is 222 g/mol. The van der Waals surface area contributed by atoms with E-state index in [1.165, 1.54) is 57.8 Å². The summed E-state index contributed by atoms with van der Waals surface area (Å²) in [4.78, 5) is 0. The highest BCUT2D eigenvalue weighted by atomic mass is 16.5. The molecule has 3 saturated carbocycles. The standard InChI is InChI=1S/C15H26O/c1-2-3-9-16-15-8-4-5-13(11-15)12-6-7-14(15)10-12/h12-14H,2-11H2,1H3. The highest BCUT2D eigenvalue weighted by molar-refractivity contribution is 5.04. The average Bonchev–Trinajstić information content (AvgIpc) is 2.76. The lowest BCUT2D eigenvalue weighted by molar-refractivity contribution is -0.140. The molecule has 16 heavy (non-hydrogen) atoms. The highest BCUT2D eigenvalue weighted by Crippen LogP contribution is 2.57. The van der Waals surface area contributed by atoms with Crippen molar-refractivity contribution in [3.63, 3.8) is 0 Å². The summed E-state index contributed by atoms with van der Waals surface area (Å²) < 4.78 is 6.41. The Hall–Kier alpha value is -0.0400. The van der Waals surface area contributed by atoms with Crippen LogP contribution in [0.2, 0.25) is 0 Å². The summed E-state index contributed by atoms with van der Waals surface area (Å²) in [6, 6.07) is 0. The van der Waals surface area contributed by atoms with Crippen molar-refractivity contribution in [1.82, 2.24) is 0 Å². The molecule has 3 fully saturated rings. The molecule has 0 saturated heterocycles.